The van der Waals surface area contributed by atoms with E-state index in [9.17, 15) is 9.90 Å². The largest absolute Gasteiger partial charge is 0.395 e. The van der Waals surface area contributed by atoms with E-state index >= 15 is 0 Å². The maximum Gasteiger partial charge on any atom is 0.226 e. The first-order valence-electron chi connectivity index (χ1n) is 7.39. The molecule has 3 nitrogen and oxygen atoms in total. The number of hydrogen-bond donors (Lipinski definition) is 1. The summed E-state index contributed by atoms with van der Waals surface area (Å²) in [7, 11) is 0. The Kier molecular flexibility index (Phi) is 3.42. The summed E-state index contributed by atoms with van der Waals surface area (Å²) in [6.45, 7) is 0.625. The number of amides is 1. The molecule has 0 radical (unpaired) electrons. The van der Waals surface area contributed by atoms with Crippen LogP contribution in [0.25, 0.3) is 0 Å². The minimum atomic E-state index is 0.0961. The zero-order valence-electron chi connectivity index (χ0n) is 10.9. The topological polar surface area (TPSA) is 40.5 Å². The first-order valence-corrected chi connectivity index (χ1v) is 7.39. The number of aliphatic hydroxyl groups excluding tert-OH is 1. The lowest BCUT2D eigenvalue weighted by atomic mass is 9.91. The molecule has 3 rings (SSSR count). The molecule has 2 fully saturated rings. The van der Waals surface area contributed by atoms with E-state index in [-0.39, 0.29) is 12.5 Å². The third-order valence-corrected chi connectivity index (χ3v) is 4.99. The van der Waals surface area contributed by atoms with Crippen molar-refractivity contribution in [2.45, 2.75) is 44.6 Å². The molecule has 0 saturated heterocycles. The highest BCUT2D eigenvalue weighted by molar-refractivity contribution is 5.80. The van der Waals surface area contributed by atoms with Crippen molar-refractivity contribution in [1.82, 2.24) is 4.90 Å². The lowest BCUT2D eigenvalue weighted by Gasteiger charge is -2.32. The monoisotopic (exact) mass is 249 g/mol. The first-order chi connectivity index (χ1) is 8.79. The minimum Gasteiger partial charge on any atom is -0.395 e. The van der Waals surface area contributed by atoms with E-state index in [2.05, 4.69) is 12.2 Å². The molecule has 0 spiro atoms. The van der Waals surface area contributed by atoms with Crippen molar-refractivity contribution in [2.24, 2.45) is 17.8 Å². The summed E-state index contributed by atoms with van der Waals surface area (Å²) < 4.78 is 0. The van der Waals surface area contributed by atoms with Crippen LogP contribution < -0.4 is 0 Å². The van der Waals surface area contributed by atoms with Gasteiger partial charge in [0.05, 0.1) is 6.61 Å². The Morgan fingerprint density at radius 3 is 2.56 bits per heavy atom. The molecule has 1 N–H and O–H groups in total. The number of carbonyl (C=O) groups is 1. The zero-order valence-corrected chi connectivity index (χ0v) is 10.9. The summed E-state index contributed by atoms with van der Waals surface area (Å²) in [4.78, 5) is 14.7. The highest BCUT2D eigenvalue weighted by Crippen LogP contribution is 2.44. The van der Waals surface area contributed by atoms with Crippen LogP contribution in [0.3, 0.4) is 0 Å². The standard InChI is InChI=1S/C15H23NO2/c17-8-7-16(13-3-1-2-4-13)15(18)14-10-11-5-6-12(14)9-11/h5-6,11-14,17H,1-4,7-10H2. The van der Waals surface area contributed by atoms with Gasteiger partial charge in [0.15, 0.2) is 0 Å². The summed E-state index contributed by atoms with van der Waals surface area (Å²) in [5, 5.41) is 9.21. The molecule has 0 aromatic rings. The van der Waals surface area contributed by atoms with Crippen LogP contribution in [0.5, 0.6) is 0 Å². The normalized spacial score (nSPS) is 34.4. The molecule has 3 heteroatoms. The smallest absolute Gasteiger partial charge is 0.226 e. The van der Waals surface area contributed by atoms with Gasteiger partial charge in [-0.2, -0.15) is 0 Å². The molecule has 3 unspecified atom stereocenters. The van der Waals surface area contributed by atoms with E-state index in [1.54, 1.807) is 0 Å². The molecule has 2 bridgehead atoms. The van der Waals surface area contributed by atoms with Gasteiger partial charge in [0.2, 0.25) is 5.91 Å². The van der Waals surface area contributed by atoms with Gasteiger partial charge in [-0.1, -0.05) is 25.0 Å². The van der Waals surface area contributed by atoms with Crippen LogP contribution in [0, 0.1) is 17.8 Å². The van der Waals surface area contributed by atoms with Crippen LogP contribution >= 0.6 is 0 Å². The average molecular weight is 249 g/mol. The Balaban J connectivity index is 1.69. The molecular weight excluding hydrogens is 226 g/mol. The number of allylic oxidation sites excluding steroid dienone is 2. The van der Waals surface area contributed by atoms with Gasteiger partial charge in [-0.15, -0.1) is 0 Å². The average Bonchev–Trinajstić information content (AvgIpc) is 3.10. The van der Waals surface area contributed by atoms with Crippen LogP contribution in [0.2, 0.25) is 0 Å². The predicted octanol–water partition coefficient (Wildman–Crippen LogP) is 1.96. The minimum absolute atomic E-state index is 0.0961. The quantitative estimate of drug-likeness (QED) is 0.774. The van der Waals surface area contributed by atoms with Crippen molar-refractivity contribution in [3.05, 3.63) is 12.2 Å². The molecule has 2 saturated carbocycles. The summed E-state index contributed by atoms with van der Waals surface area (Å²) in [6, 6.07) is 0.396. The lowest BCUT2D eigenvalue weighted by Crippen LogP contribution is -2.44. The van der Waals surface area contributed by atoms with Gasteiger partial charge in [0.25, 0.3) is 0 Å². The third-order valence-electron chi connectivity index (χ3n) is 4.99. The molecule has 3 aliphatic rings. The van der Waals surface area contributed by atoms with Crippen molar-refractivity contribution < 1.29 is 9.90 Å². The third kappa shape index (κ3) is 2.09. The van der Waals surface area contributed by atoms with E-state index in [0.29, 0.717) is 30.3 Å². The van der Waals surface area contributed by atoms with Gasteiger partial charge in [-0.3, -0.25) is 4.79 Å². The summed E-state index contributed by atoms with van der Waals surface area (Å²) >= 11 is 0. The highest BCUT2D eigenvalue weighted by Gasteiger charge is 2.42. The second-order valence-corrected chi connectivity index (χ2v) is 6.08. The number of fused-ring (bicyclic) bond motifs is 2. The van der Waals surface area contributed by atoms with Crippen LogP contribution in [0.4, 0.5) is 0 Å². The molecule has 3 aliphatic carbocycles. The van der Waals surface area contributed by atoms with Crippen molar-refractivity contribution >= 4 is 5.91 Å². The molecule has 0 aliphatic heterocycles. The SMILES string of the molecule is O=C(C1CC2C=CC1C2)N(CCO)C1CCCC1. The second-order valence-electron chi connectivity index (χ2n) is 6.08. The first kappa shape index (κ1) is 12.2. The second kappa shape index (κ2) is 5.04. The number of rotatable bonds is 4. The maximum atomic E-state index is 12.7. The molecular formula is C15H23NO2. The molecule has 18 heavy (non-hydrogen) atoms. The zero-order chi connectivity index (χ0) is 12.5. The Morgan fingerprint density at radius 1 is 1.22 bits per heavy atom. The van der Waals surface area contributed by atoms with E-state index in [0.717, 1.165) is 19.3 Å². The molecule has 100 valence electrons. The van der Waals surface area contributed by atoms with Crippen LogP contribution in [0.1, 0.15) is 38.5 Å². The summed E-state index contributed by atoms with van der Waals surface area (Å²) in [5.41, 5.74) is 0. The summed E-state index contributed by atoms with van der Waals surface area (Å²) in [5.74, 6) is 1.63. The van der Waals surface area contributed by atoms with Gasteiger partial charge in [0, 0.05) is 18.5 Å². The highest BCUT2D eigenvalue weighted by atomic mass is 16.3. The van der Waals surface area contributed by atoms with Crippen LogP contribution in [-0.2, 0) is 4.79 Å². The van der Waals surface area contributed by atoms with Gasteiger partial charge >= 0.3 is 0 Å². The lowest BCUT2D eigenvalue weighted by molar-refractivity contribution is -0.139. The molecule has 3 atom stereocenters. The van der Waals surface area contributed by atoms with E-state index < -0.39 is 0 Å². The molecule has 0 aromatic heterocycles. The Labute approximate surface area is 109 Å². The predicted molar refractivity (Wildman–Crippen MR) is 69.9 cm³/mol. The number of aliphatic hydroxyl groups is 1. The van der Waals surface area contributed by atoms with Gasteiger partial charge in [-0.05, 0) is 37.5 Å². The number of hydrogen-bond acceptors (Lipinski definition) is 2. The van der Waals surface area contributed by atoms with Crippen molar-refractivity contribution in [1.29, 1.82) is 0 Å². The maximum absolute atomic E-state index is 12.7. The molecule has 0 heterocycles. The fourth-order valence-electron chi connectivity index (χ4n) is 4.07. The van der Waals surface area contributed by atoms with Gasteiger partial charge in [0.1, 0.15) is 0 Å². The van der Waals surface area contributed by atoms with Gasteiger partial charge < -0.3 is 10.0 Å². The van der Waals surface area contributed by atoms with Crippen molar-refractivity contribution in [2.75, 3.05) is 13.2 Å². The van der Waals surface area contributed by atoms with Gasteiger partial charge in [-0.25, -0.2) is 0 Å². The number of carbonyl (C=O) groups excluding carboxylic acids is 1. The van der Waals surface area contributed by atoms with Crippen LogP contribution in [-0.4, -0.2) is 35.1 Å². The Bertz CT molecular complexity index is 346. The van der Waals surface area contributed by atoms with Crippen molar-refractivity contribution in [3.63, 3.8) is 0 Å². The van der Waals surface area contributed by atoms with Crippen LogP contribution in [0.15, 0.2) is 12.2 Å². The Hall–Kier alpha value is -0.830. The fourth-order valence-corrected chi connectivity index (χ4v) is 4.07. The van der Waals surface area contributed by atoms with E-state index in [4.69, 9.17) is 0 Å². The fraction of sp³-hybridized carbons (Fsp3) is 0.800. The van der Waals surface area contributed by atoms with Crippen molar-refractivity contribution in [3.8, 4) is 0 Å². The summed E-state index contributed by atoms with van der Waals surface area (Å²) in [6.07, 6.45) is 11.4. The van der Waals surface area contributed by atoms with E-state index in [1.165, 1.54) is 19.3 Å². The van der Waals surface area contributed by atoms with E-state index in [1.807, 2.05) is 4.90 Å². The molecule has 0 aromatic carbocycles. The Morgan fingerprint density at radius 2 is 2.00 bits per heavy atom. The number of nitrogens with zero attached hydrogens (tertiary/aromatic N) is 1. The molecule has 1 amide bonds.